The normalized spacial score (nSPS) is 16.3. The molecule has 1 nitrogen and oxygen atoms in total. The molecular formula is C13H18FN. The molecule has 1 N–H and O–H groups in total. The van der Waals surface area contributed by atoms with E-state index in [-0.39, 0.29) is 5.82 Å². The number of hydrogen-bond acceptors (Lipinski definition) is 1. The lowest BCUT2D eigenvalue weighted by molar-refractivity contribution is 0.303. The van der Waals surface area contributed by atoms with Gasteiger partial charge in [0.15, 0.2) is 0 Å². The van der Waals surface area contributed by atoms with Gasteiger partial charge in [-0.1, -0.05) is 18.6 Å². The predicted molar refractivity (Wildman–Crippen MR) is 60.3 cm³/mol. The molecule has 1 aliphatic carbocycles. The third kappa shape index (κ3) is 3.31. The molecule has 0 spiro atoms. The van der Waals surface area contributed by atoms with E-state index in [1.54, 1.807) is 12.1 Å². The average Bonchev–Trinajstić information content (AvgIpc) is 2.15. The number of rotatable bonds is 5. The summed E-state index contributed by atoms with van der Waals surface area (Å²) in [7, 11) is 0. The highest BCUT2D eigenvalue weighted by atomic mass is 19.1. The number of hydrogen-bond donors (Lipinski definition) is 1. The molecule has 0 heterocycles. The van der Waals surface area contributed by atoms with Crippen LogP contribution >= 0.6 is 0 Å². The van der Waals surface area contributed by atoms with Crippen LogP contribution in [0.5, 0.6) is 0 Å². The van der Waals surface area contributed by atoms with E-state index in [9.17, 15) is 4.39 Å². The molecule has 15 heavy (non-hydrogen) atoms. The van der Waals surface area contributed by atoms with E-state index in [2.05, 4.69) is 5.32 Å². The lowest BCUT2D eigenvalue weighted by Crippen LogP contribution is -2.28. The quantitative estimate of drug-likeness (QED) is 0.732. The van der Waals surface area contributed by atoms with E-state index in [0.29, 0.717) is 0 Å². The molecule has 1 aromatic carbocycles. The fraction of sp³-hybridized carbons (Fsp3) is 0.538. The van der Waals surface area contributed by atoms with Gasteiger partial charge >= 0.3 is 0 Å². The van der Waals surface area contributed by atoms with Crippen molar-refractivity contribution in [1.82, 2.24) is 5.32 Å². The minimum Gasteiger partial charge on any atom is -0.316 e. The SMILES string of the molecule is Fc1cccc(CCNCC2CCC2)c1. The smallest absolute Gasteiger partial charge is 0.123 e. The number of nitrogens with one attached hydrogen (secondary N) is 1. The van der Waals surface area contributed by atoms with Crippen LogP contribution in [0.25, 0.3) is 0 Å². The van der Waals surface area contributed by atoms with Crippen LogP contribution in [-0.2, 0) is 6.42 Å². The zero-order valence-electron chi connectivity index (χ0n) is 9.01. The summed E-state index contributed by atoms with van der Waals surface area (Å²) < 4.78 is 12.8. The third-order valence-electron chi connectivity index (χ3n) is 3.14. The molecule has 0 bridgehead atoms. The maximum atomic E-state index is 12.8. The molecule has 1 aromatic rings. The van der Waals surface area contributed by atoms with Gasteiger partial charge in [0.1, 0.15) is 5.82 Å². The number of halogens is 1. The number of benzene rings is 1. The van der Waals surface area contributed by atoms with Crippen LogP contribution in [0.4, 0.5) is 4.39 Å². The van der Waals surface area contributed by atoms with Crippen LogP contribution < -0.4 is 5.32 Å². The summed E-state index contributed by atoms with van der Waals surface area (Å²) in [6.45, 7) is 2.09. The van der Waals surface area contributed by atoms with Crippen LogP contribution in [0.3, 0.4) is 0 Å². The molecule has 0 aliphatic heterocycles. The standard InChI is InChI=1S/C13H18FN/c14-13-6-2-3-11(9-13)7-8-15-10-12-4-1-5-12/h2-3,6,9,12,15H,1,4-5,7-8,10H2. The molecule has 1 saturated carbocycles. The second-order valence-electron chi connectivity index (χ2n) is 4.38. The van der Waals surface area contributed by atoms with Gasteiger partial charge in [-0.2, -0.15) is 0 Å². The van der Waals surface area contributed by atoms with E-state index < -0.39 is 0 Å². The summed E-state index contributed by atoms with van der Waals surface area (Å²) in [5, 5.41) is 3.43. The Morgan fingerprint density at radius 3 is 2.87 bits per heavy atom. The Balaban J connectivity index is 1.64. The zero-order valence-corrected chi connectivity index (χ0v) is 9.01. The molecule has 0 amide bonds. The van der Waals surface area contributed by atoms with Crippen LogP contribution in [-0.4, -0.2) is 13.1 Å². The first kappa shape index (κ1) is 10.6. The summed E-state index contributed by atoms with van der Waals surface area (Å²) in [6.07, 6.45) is 5.08. The summed E-state index contributed by atoms with van der Waals surface area (Å²) in [6, 6.07) is 6.86. The third-order valence-corrected chi connectivity index (χ3v) is 3.14. The highest BCUT2D eigenvalue weighted by Crippen LogP contribution is 2.24. The van der Waals surface area contributed by atoms with Crippen molar-refractivity contribution in [2.75, 3.05) is 13.1 Å². The first-order valence-electron chi connectivity index (χ1n) is 5.80. The Kier molecular flexibility index (Phi) is 3.73. The Hall–Kier alpha value is -0.890. The fourth-order valence-corrected chi connectivity index (χ4v) is 1.93. The van der Waals surface area contributed by atoms with E-state index >= 15 is 0 Å². The van der Waals surface area contributed by atoms with Crippen LogP contribution in [0.2, 0.25) is 0 Å². The molecular weight excluding hydrogens is 189 g/mol. The Morgan fingerprint density at radius 1 is 1.33 bits per heavy atom. The second kappa shape index (κ2) is 5.26. The molecule has 0 radical (unpaired) electrons. The maximum absolute atomic E-state index is 12.8. The zero-order chi connectivity index (χ0) is 10.5. The molecule has 1 fully saturated rings. The molecule has 0 unspecified atom stereocenters. The van der Waals surface area contributed by atoms with Crippen LogP contribution in [0.15, 0.2) is 24.3 Å². The summed E-state index contributed by atoms with van der Waals surface area (Å²) in [5.41, 5.74) is 1.08. The minimum atomic E-state index is -0.133. The largest absolute Gasteiger partial charge is 0.316 e. The molecule has 0 saturated heterocycles. The van der Waals surface area contributed by atoms with Crippen molar-refractivity contribution < 1.29 is 4.39 Å². The second-order valence-corrected chi connectivity index (χ2v) is 4.38. The first-order valence-corrected chi connectivity index (χ1v) is 5.80. The lowest BCUT2D eigenvalue weighted by Gasteiger charge is -2.25. The van der Waals surface area contributed by atoms with Crippen molar-refractivity contribution in [1.29, 1.82) is 0 Å². The van der Waals surface area contributed by atoms with Gasteiger partial charge in [0.05, 0.1) is 0 Å². The van der Waals surface area contributed by atoms with Crippen molar-refractivity contribution in [2.45, 2.75) is 25.7 Å². The van der Waals surface area contributed by atoms with Crippen LogP contribution in [0.1, 0.15) is 24.8 Å². The average molecular weight is 207 g/mol. The maximum Gasteiger partial charge on any atom is 0.123 e. The van der Waals surface area contributed by atoms with Crippen LogP contribution in [0, 0.1) is 11.7 Å². The van der Waals surface area contributed by atoms with E-state index in [4.69, 9.17) is 0 Å². The van der Waals surface area contributed by atoms with Gasteiger partial charge in [-0.25, -0.2) is 4.39 Å². The van der Waals surface area contributed by atoms with Gasteiger partial charge in [0.25, 0.3) is 0 Å². The summed E-state index contributed by atoms with van der Waals surface area (Å²) in [5.74, 6) is 0.768. The van der Waals surface area contributed by atoms with Crippen molar-refractivity contribution in [3.05, 3.63) is 35.6 Å². The van der Waals surface area contributed by atoms with E-state index in [1.807, 2.05) is 6.07 Å². The van der Waals surface area contributed by atoms with Crippen molar-refractivity contribution in [2.24, 2.45) is 5.92 Å². The summed E-state index contributed by atoms with van der Waals surface area (Å²) >= 11 is 0. The van der Waals surface area contributed by atoms with Gasteiger partial charge in [-0.05, 0) is 56.0 Å². The minimum absolute atomic E-state index is 0.133. The molecule has 2 rings (SSSR count). The monoisotopic (exact) mass is 207 g/mol. The predicted octanol–water partition coefficient (Wildman–Crippen LogP) is 2.76. The van der Waals surface area contributed by atoms with Gasteiger partial charge in [-0.15, -0.1) is 0 Å². The lowest BCUT2D eigenvalue weighted by atomic mass is 9.85. The highest BCUT2D eigenvalue weighted by molar-refractivity contribution is 5.16. The van der Waals surface area contributed by atoms with Gasteiger partial charge in [0.2, 0.25) is 0 Å². The molecule has 0 aromatic heterocycles. The van der Waals surface area contributed by atoms with Gasteiger partial charge in [0, 0.05) is 0 Å². The Labute approximate surface area is 90.7 Å². The van der Waals surface area contributed by atoms with Crippen molar-refractivity contribution in [3.63, 3.8) is 0 Å². The van der Waals surface area contributed by atoms with E-state index in [1.165, 1.54) is 25.3 Å². The van der Waals surface area contributed by atoms with Gasteiger partial charge < -0.3 is 5.32 Å². The van der Waals surface area contributed by atoms with Gasteiger partial charge in [-0.3, -0.25) is 0 Å². The molecule has 1 aliphatic rings. The van der Waals surface area contributed by atoms with Crippen molar-refractivity contribution >= 4 is 0 Å². The van der Waals surface area contributed by atoms with E-state index in [0.717, 1.165) is 31.0 Å². The Bertz CT molecular complexity index is 307. The fourth-order valence-electron chi connectivity index (χ4n) is 1.93. The Morgan fingerprint density at radius 2 is 2.20 bits per heavy atom. The highest BCUT2D eigenvalue weighted by Gasteiger charge is 2.15. The molecule has 2 heteroatoms. The molecule has 0 atom stereocenters. The topological polar surface area (TPSA) is 12.0 Å². The van der Waals surface area contributed by atoms with Crippen molar-refractivity contribution in [3.8, 4) is 0 Å². The summed E-state index contributed by atoms with van der Waals surface area (Å²) in [4.78, 5) is 0. The first-order chi connectivity index (χ1) is 7.34. The molecule has 82 valence electrons.